The maximum Gasteiger partial charge on any atom is 0.107 e. The van der Waals surface area contributed by atoms with Gasteiger partial charge in [-0.15, -0.1) is 6.42 Å². The smallest absolute Gasteiger partial charge is 0.107 e. The molecule has 4 nitrogen and oxygen atoms in total. The third kappa shape index (κ3) is 8.91. The van der Waals surface area contributed by atoms with Crippen LogP contribution in [0.15, 0.2) is 42.6 Å². The Balaban J connectivity index is 2.04. The second-order valence-electron chi connectivity index (χ2n) is 9.87. The molecule has 0 aliphatic carbocycles. The monoisotopic (exact) mass is 424 g/mol. The van der Waals surface area contributed by atoms with Gasteiger partial charge in [0.2, 0.25) is 0 Å². The highest BCUT2D eigenvalue weighted by Gasteiger charge is 2.16. The lowest BCUT2D eigenvalue weighted by Crippen LogP contribution is -2.36. The van der Waals surface area contributed by atoms with Gasteiger partial charge in [-0.3, -0.25) is 4.90 Å². The summed E-state index contributed by atoms with van der Waals surface area (Å²) in [6.07, 6.45) is 7.91. The molecule has 0 amide bonds. The van der Waals surface area contributed by atoms with Crippen LogP contribution in [0.3, 0.4) is 0 Å². The minimum atomic E-state index is -0.547. The van der Waals surface area contributed by atoms with E-state index in [4.69, 9.17) is 11.2 Å². The zero-order chi connectivity index (χ0) is 22.9. The molecule has 0 bridgehead atoms. The first-order chi connectivity index (χ1) is 14.7. The maximum atomic E-state index is 10.4. The van der Waals surface area contributed by atoms with E-state index < -0.39 is 6.10 Å². The molecule has 1 atom stereocenters. The van der Waals surface area contributed by atoms with E-state index in [2.05, 4.69) is 92.6 Å². The van der Waals surface area contributed by atoms with Crippen molar-refractivity contribution in [2.75, 3.05) is 26.3 Å². The highest BCUT2D eigenvalue weighted by Crippen LogP contribution is 2.22. The van der Waals surface area contributed by atoms with Crippen molar-refractivity contribution in [3.05, 3.63) is 59.4 Å². The lowest BCUT2D eigenvalue weighted by atomic mass is 9.87. The zero-order valence-electron chi connectivity index (χ0n) is 20.0. The van der Waals surface area contributed by atoms with Gasteiger partial charge in [-0.1, -0.05) is 64.8 Å². The number of aliphatic hydroxyl groups excluding tert-OH is 1. The fourth-order valence-electron chi connectivity index (χ4n) is 3.56. The summed E-state index contributed by atoms with van der Waals surface area (Å²) < 4.78 is 7.63. The van der Waals surface area contributed by atoms with E-state index in [1.54, 1.807) is 0 Å². The molecule has 1 aromatic heterocycles. The molecule has 2 rings (SSSR count). The molecule has 0 unspecified atom stereocenters. The Morgan fingerprint density at radius 3 is 2.48 bits per heavy atom. The maximum absolute atomic E-state index is 10.4. The van der Waals surface area contributed by atoms with Crippen molar-refractivity contribution in [2.24, 2.45) is 5.92 Å². The molecule has 4 heteroatoms. The number of aromatic nitrogens is 1. The Bertz CT molecular complexity index is 809. The standard InChI is InChI=1S/C27H40N2O2/c1-7-17-31-21-26(30)20-28(16-14-22(2)3)19-25-9-8-15-29(25)18-23-10-12-24(13-11-23)27(4,5)6/h1,8-13,15,22,26,30H,14,16-21H2,2-6H3/t26-/m1/s1. The number of terminal acetylenes is 1. The second kappa shape index (κ2) is 12.1. The number of hydrogen-bond donors (Lipinski definition) is 1. The minimum absolute atomic E-state index is 0.165. The normalized spacial score (nSPS) is 13.0. The van der Waals surface area contributed by atoms with Crippen molar-refractivity contribution in [1.82, 2.24) is 9.47 Å². The minimum Gasteiger partial charge on any atom is -0.389 e. The fraction of sp³-hybridized carbons (Fsp3) is 0.556. The van der Waals surface area contributed by atoms with Gasteiger partial charge < -0.3 is 14.4 Å². The van der Waals surface area contributed by atoms with Crippen LogP contribution in [0.25, 0.3) is 0 Å². The quantitative estimate of drug-likeness (QED) is 0.397. The first-order valence-corrected chi connectivity index (χ1v) is 11.3. The van der Waals surface area contributed by atoms with Gasteiger partial charge in [0, 0.05) is 31.5 Å². The lowest BCUT2D eigenvalue weighted by molar-refractivity contribution is 0.0248. The molecule has 0 saturated carbocycles. The first kappa shape index (κ1) is 25.2. The van der Waals surface area contributed by atoms with Crippen LogP contribution in [0.2, 0.25) is 0 Å². The summed E-state index contributed by atoms with van der Waals surface area (Å²) in [6, 6.07) is 13.2. The van der Waals surface area contributed by atoms with E-state index in [0.29, 0.717) is 12.5 Å². The summed E-state index contributed by atoms with van der Waals surface area (Å²) in [7, 11) is 0. The van der Waals surface area contributed by atoms with E-state index in [9.17, 15) is 5.11 Å². The summed E-state index contributed by atoms with van der Waals surface area (Å²) >= 11 is 0. The van der Waals surface area contributed by atoms with E-state index in [-0.39, 0.29) is 18.6 Å². The Kier molecular flexibility index (Phi) is 9.84. The molecule has 0 spiro atoms. The molecule has 2 aromatic rings. The van der Waals surface area contributed by atoms with E-state index in [1.807, 2.05) is 0 Å². The van der Waals surface area contributed by atoms with Gasteiger partial charge in [0.25, 0.3) is 0 Å². The van der Waals surface area contributed by atoms with Gasteiger partial charge in [0.15, 0.2) is 0 Å². The van der Waals surface area contributed by atoms with E-state index in [0.717, 1.165) is 26.1 Å². The number of rotatable bonds is 12. The van der Waals surface area contributed by atoms with Crippen molar-refractivity contribution in [2.45, 2.75) is 65.6 Å². The summed E-state index contributed by atoms with van der Waals surface area (Å²) in [4.78, 5) is 2.32. The first-order valence-electron chi connectivity index (χ1n) is 11.3. The van der Waals surface area contributed by atoms with Gasteiger partial charge in [0.1, 0.15) is 6.61 Å². The van der Waals surface area contributed by atoms with Gasteiger partial charge in [0.05, 0.1) is 12.7 Å². The molecule has 170 valence electrons. The predicted octanol–water partition coefficient (Wildman–Crippen LogP) is 4.69. The average Bonchev–Trinajstić information content (AvgIpc) is 3.12. The van der Waals surface area contributed by atoms with Gasteiger partial charge in [-0.2, -0.15) is 0 Å². The summed E-state index contributed by atoms with van der Waals surface area (Å²) in [6.45, 7) is 14.8. The van der Waals surface area contributed by atoms with Crippen LogP contribution in [-0.4, -0.2) is 47.0 Å². The van der Waals surface area contributed by atoms with Crippen LogP contribution in [0.4, 0.5) is 0 Å². The van der Waals surface area contributed by atoms with Gasteiger partial charge in [-0.25, -0.2) is 0 Å². The second-order valence-corrected chi connectivity index (χ2v) is 9.87. The van der Waals surface area contributed by atoms with E-state index in [1.165, 1.54) is 16.8 Å². The molecule has 0 saturated heterocycles. The summed E-state index contributed by atoms with van der Waals surface area (Å²) in [5.41, 5.74) is 4.06. The number of hydrogen-bond acceptors (Lipinski definition) is 3. The molecule has 1 heterocycles. The summed E-state index contributed by atoms with van der Waals surface area (Å²) in [5.74, 6) is 3.06. The van der Waals surface area contributed by atoms with Crippen LogP contribution in [0, 0.1) is 18.3 Å². The van der Waals surface area contributed by atoms with Crippen LogP contribution in [0.1, 0.15) is 57.9 Å². The van der Waals surface area contributed by atoms with Gasteiger partial charge in [-0.05, 0) is 47.6 Å². The molecule has 31 heavy (non-hydrogen) atoms. The van der Waals surface area contributed by atoms with Crippen molar-refractivity contribution in [3.8, 4) is 12.3 Å². The Morgan fingerprint density at radius 2 is 1.87 bits per heavy atom. The highest BCUT2D eigenvalue weighted by atomic mass is 16.5. The van der Waals surface area contributed by atoms with E-state index >= 15 is 0 Å². The largest absolute Gasteiger partial charge is 0.389 e. The molecule has 1 aromatic carbocycles. The third-order valence-corrected chi connectivity index (χ3v) is 5.47. The number of benzene rings is 1. The Hall–Kier alpha value is -2.06. The molecular formula is C27H40N2O2. The number of aliphatic hydroxyl groups is 1. The van der Waals surface area contributed by atoms with Gasteiger partial charge >= 0.3 is 0 Å². The van der Waals surface area contributed by atoms with Crippen molar-refractivity contribution >= 4 is 0 Å². The summed E-state index contributed by atoms with van der Waals surface area (Å²) in [5, 5.41) is 10.4. The Morgan fingerprint density at radius 1 is 1.16 bits per heavy atom. The fourth-order valence-corrected chi connectivity index (χ4v) is 3.56. The van der Waals surface area contributed by atoms with Crippen LogP contribution in [0.5, 0.6) is 0 Å². The third-order valence-electron chi connectivity index (χ3n) is 5.47. The predicted molar refractivity (Wildman–Crippen MR) is 129 cm³/mol. The highest BCUT2D eigenvalue weighted by molar-refractivity contribution is 5.28. The number of nitrogens with zero attached hydrogens (tertiary/aromatic N) is 2. The molecule has 1 N–H and O–H groups in total. The van der Waals surface area contributed by atoms with Crippen molar-refractivity contribution < 1.29 is 9.84 Å². The Labute approximate surface area is 189 Å². The lowest BCUT2D eigenvalue weighted by Gasteiger charge is -2.26. The SMILES string of the molecule is C#CCOC[C@H](O)CN(CCC(C)C)Cc1cccn1Cc1ccc(C(C)(C)C)cc1. The average molecular weight is 425 g/mol. The molecule has 0 fully saturated rings. The van der Waals surface area contributed by atoms with Crippen LogP contribution >= 0.6 is 0 Å². The molecule has 0 aliphatic heterocycles. The molecular weight excluding hydrogens is 384 g/mol. The van der Waals surface area contributed by atoms with Crippen molar-refractivity contribution in [1.29, 1.82) is 0 Å². The van der Waals surface area contributed by atoms with Crippen LogP contribution < -0.4 is 0 Å². The zero-order valence-corrected chi connectivity index (χ0v) is 20.0. The molecule has 0 aliphatic rings. The molecule has 0 radical (unpaired) electrons. The number of ether oxygens (including phenoxy) is 1. The van der Waals surface area contributed by atoms with Crippen LogP contribution in [-0.2, 0) is 23.2 Å². The topological polar surface area (TPSA) is 37.6 Å². The van der Waals surface area contributed by atoms with Crippen molar-refractivity contribution in [3.63, 3.8) is 0 Å².